The molecular formula is C22H23F5N6O2. The molecule has 0 aliphatic heterocycles. The Morgan fingerprint density at radius 2 is 1.97 bits per heavy atom. The lowest BCUT2D eigenvalue weighted by atomic mass is 9.87. The van der Waals surface area contributed by atoms with E-state index in [0.29, 0.717) is 5.92 Å². The maximum atomic E-state index is 13.2. The van der Waals surface area contributed by atoms with Gasteiger partial charge in [-0.15, -0.1) is 0 Å². The fourth-order valence-corrected chi connectivity index (χ4v) is 3.92. The average Bonchev–Trinajstić information content (AvgIpc) is 3.19. The number of halogens is 5. The van der Waals surface area contributed by atoms with Gasteiger partial charge in [0.2, 0.25) is 11.8 Å². The second kappa shape index (κ2) is 10.0. The van der Waals surface area contributed by atoms with E-state index in [1.165, 1.54) is 18.2 Å². The second-order valence-electron chi connectivity index (χ2n) is 8.45. The minimum absolute atomic E-state index is 0.0391. The topological polar surface area (TPSA) is 105 Å². The Bertz CT molecular complexity index is 1190. The number of alkyl halides is 5. The van der Waals surface area contributed by atoms with Crippen LogP contribution in [-0.4, -0.2) is 44.9 Å². The standard InChI is InChI=1S/C22H23F5N6O2/c1-11-4-6-12(7-5-11)29-19(34)13-9-15-18(32-20(13)35-10-16(23)24)33-21(31-15)30-14-3-2-8-28-17(14)22(25,26)27/h2-3,8-9,11-12,16H,4-7,10H2,1H3,(H,29,34)(H2,30,31,32,33)/t11-,12-. The lowest BCUT2D eigenvalue weighted by Crippen LogP contribution is -2.37. The Hall–Kier alpha value is -3.51. The summed E-state index contributed by atoms with van der Waals surface area (Å²) in [5.41, 5.74) is -1.41. The number of carbonyl (C=O) groups excluding carboxylic acids is 1. The highest BCUT2D eigenvalue weighted by molar-refractivity contribution is 5.99. The van der Waals surface area contributed by atoms with Gasteiger partial charge in [0.1, 0.15) is 11.1 Å². The van der Waals surface area contributed by atoms with Gasteiger partial charge in [-0.2, -0.15) is 18.2 Å². The van der Waals surface area contributed by atoms with Crippen LogP contribution in [0, 0.1) is 5.92 Å². The van der Waals surface area contributed by atoms with Crippen LogP contribution >= 0.6 is 0 Å². The summed E-state index contributed by atoms with van der Waals surface area (Å²) in [5.74, 6) is -0.414. The van der Waals surface area contributed by atoms with E-state index < -0.39 is 30.8 Å². The molecule has 3 N–H and O–H groups in total. The smallest absolute Gasteiger partial charge is 0.435 e. The van der Waals surface area contributed by atoms with Gasteiger partial charge in [0, 0.05) is 12.2 Å². The number of rotatable bonds is 7. The third kappa shape index (κ3) is 5.95. The minimum Gasteiger partial charge on any atom is -0.471 e. The number of pyridine rings is 2. The van der Waals surface area contributed by atoms with Gasteiger partial charge >= 0.3 is 6.18 Å². The molecule has 1 aliphatic carbocycles. The molecule has 4 rings (SSSR count). The Labute approximate surface area is 196 Å². The molecule has 1 saturated carbocycles. The summed E-state index contributed by atoms with van der Waals surface area (Å²) in [7, 11) is 0. The molecule has 0 aromatic carbocycles. The lowest BCUT2D eigenvalue weighted by Gasteiger charge is -2.27. The highest BCUT2D eigenvalue weighted by Gasteiger charge is 2.35. The maximum absolute atomic E-state index is 13.2. The number of fused-ring (bicyclic) bond motifs is 1. The fraction of sp³-hybridized carbons (Fsp3) is 0.455. The molecule has 1 fully saturated rings. The van der Waals surface area contributed by atoms with Crippen molar-refractivity contribution in [1.29, 1.82) is 0 Å². The Kier molecular flexibility index (Phi) is 7.03. The molecule has 3 aromatic heterocycles. The zero-order valence-corrected chi connectivity index (χ0v) is 18.6. The van der Waals surface area contributed by atoms with Gasteiger partial charge in [0.15, 0.2) is 17.9 Å². The van der Waals surface area contributed by atoms with E-state index in [1.807, 2.05) is 0 Å². The number of hydrogen-bond acceptors (Lipinski definition) is 6. The average molecular weight is 498 g/mol. The van der Waals surface area contributed by atoms with E-state index in [0.717, 1.165) is 31.9 Å². The van der Waals surface area contributed by atoms with Gasteiger partial charge in [-0.1, -0.05) is 6.92 Å². The van der Waals surface area contributed by atoms with Crippen LogP contribution in [0.15, 0.2) is 24.4 Å². The van der Waals surface area contributed by atoms with Crippen LogP contribution in [0.3, 0.4) is 0 Å². The van der Waals surface area contributed by atoms with Gasteiger partial charge < -0.3 is 20.4 Å². The van der Waals surface area contributed by atoms with Crippen LogP contribution < -0.4 is 15.4 Å². The number of aromatic nitrogens is 4. The molecule has 188 valence electrons. The first-order valence-electron chi connectivity index (χ1n) is 11.0. The number of carbonyl (C=O) groups is 1. The predicted octanol–water partition coefficient (Wildman–Crippen LogP) is 5.07. The normalized spacial score (nSPS) is 18.6. The summed E-state index contributed by atoms with van der Waals surface area (Å²) >= 11 is 0. The van der Waals surface area contributed by atoms with Gasteiger partial charge in [-0.05, 0) is 49.8 Å². The van der Waals surface area contributed by atoms with Gasteiger partial charge in [0.05, 0.1) is 5.69 Å². The van der Waals surface area contributed by atoms with Crippen LogP contribution in [0.25, 0.3) is 11.2 Å². The van der Waals surface area contributed by atoms with Crippen LogP contribution in [0.1, 0.15) is 48.7 Å². The molecule has 0 saturated heterocycles. The highest BCUT2D eigenvalue weighted by atomic mass is 19.4. The molecule has 0 unspecified atom stereocenters. The summed E-state index contributed by atoms with van der Waals surface area (Å²) < 4.78 is 70.4. The molecule has 35 heavy (non-hydrogen) atoms. The van der Waals surface area contributed by atoms with E-state index in [2.05, 4.69) is 37.5 Å². The Balaban J connectivity index is 1.63. The quantitative estimate of drug-likeness (QED) is 0.393. The van der Waals surface area contributed by atoms with E-state index in [4.69, 9.17) is 4.74 Å². The molecule has 0 bridgehead atoms. The number of H-pyrrole nitrogens is 1. The first-order valence-corrected chi connectivity index (χ1v) is 11.0. The number of nitrogens with zero attached hydrogens (tertiary/aromatic N) is 3. The van der Waals surface area contributed by atoms with Crippen molar-refractivity contribution in [3.8, 4) is 5.88 Å². The van der Waals surface area contributed by atoms with Crippen molar-refractivity contribution in [2.24, 2.45) is 5.92 Å². The number of ether oxygens (including phenoxy) is 1. The van der Waals surface area contributed by atoms with Crippen molar-refractivity contribution in [3.05, 3.63) is 35.7 Å². The number of imidazole rings is 1. The summed E-state index contributed by atoms with van der Waals surface area (Å²) in [6, 6.07) is 3.74. The molecule has 3 heterocycles. The maximum Gasteiger partial charge on any atom is 0.435 e. The summed E-state index contributed by atoms with van der Waals surface area (Å²) in [4.78, 5) is 27.2. The molecule has 1 amide bonds. The third-order valence-electron chi connectivity index (χ3n) is 5.71. The van der Waals surface area contributed by atoms with Crippen molar-refractivity contribution < 1.29 is 31.5 Å². The fourth-order valence-electron chi connectivity index (χ4n) is 3.92. The van der Waals surface area contributed by atoms with E-state index >= 15 is 0 Å². The van der Waals surface area contributed by atoms with Crippen LogP contribution in [-0.2, 0) is 6.18 Å². The third-order valence-corrected chi connectivity index (χ3v) is 5.71. The van der Waals surface area contributed by atoms with Crippen molar-refractivity contribution in [2.75, 3.05) is 11.9 Å². The SMILES string of the molecule is C[C@H]1CC[C@H](NC(=O)c2cc3nc(Nc4cccnc4C(F)(F)F)[nH]c3nc2OCC(F)F)CC1. The summed E-state index contributed by atoms with van der Waals surface area (Å²) in [6.45, 7) is 1.15. The lowest BCUT2D eigenvalue weighted by molar-refractivity contribution is -0.140. The number of anilines is 2. The molecule has 3 aromatic rings. The highest BCUT2D eigenvalue weighted by Crippen LogP contribution is 2.34. The molecule has 0 atom stereocenters. The molecule has 0 radical (unpaired) electrons. The largest absolute Gasteiger partial charge is 0.471 e. The number of aromatic amines is 1. The molecule has 0 spiro atoms. The van der Waals surface area contributed by atoms with Crippen LogP contribution in [0.2, 0.25) is 0 Å². The number of hydrogen-bond donors (Lipinski definition) is 3. The van der Waals surface area contributed by atoms with E-state index in [1.54, 1.807) is 0 Å². The van der Waals surface area contributed by atoms with Crippen molar-refractivity contribution >= 4 is 28.7 Å². The van der Waals surface area contributed by atoms with E-state index in [9.17, 15) is 26.7 Å². The summed E-state index contributed by atoms with van der Waals surface area (Å²) in [6.07, 6.45) is -2.99. The molecule has 8 nitrogen and oxygen atoms in total. The Morgan fingerprint density at radius 1 is 1.23 bits per heavy atom. The predicted molar refractivity (Wildman–Crippen MR) is 117 cm³/mol. The zero-order chi connectivity index (χ0) is 25.2. The first-order chi connectivity index (χ1) is 16.6. The minimum atomic E-state index is -4.70. The zero-order valence-electron chi connectivity index (χ0n) is 18.6. The second-order valence-corrected chi connectivity index (χ2v) is 8.45. The molecular weight excluding hydrogens is 475 g/mol. The number of nitrogens with one attached hydrogen (secondary N) is 3. The van der Waals surface area contributed by atoms with Gasteiger partial charge in [-0.25, -0.2) is 18.7 Å². The van der Waals surface area contributed by atoms with Crippen LogP contribution in [0.5, 0.6) is 5.88 Å². The first kappa shape index (κ1) is 24.6. The van der Waals surface area contributed by atoms with Gasteiger partial charge in [-0.3, -0.25) is 4.79 Å². The monoisotopic (exact) mass is 498 g/mol. The van der Waals surface area contributed by atoms with E-state index in [-0.39, 0.29) is 40.3 Å². The van der Waals surface area contributed by atoms with Gasteiger partial charge in [0.25, 0.3) is 12.3 Å². The Morgan fingerprint density at radius 3 is 2.66 bits per heavy atom. The van der Waals surface area contributed by atoms with Crippen molar-refractivity contribution in [3.63, 3.8) is 0 Å². The summed E-state index contributed by atoms with van der Waals surface area (Å²) in [5, 5.41) is 5.39. The molecule has 1 aliphatic rings. The number of amides is 1. The van der Waals surface area contributed by atoms with Crippen molar-refractivity contribution in [2.45, 2.75) is 51.3 Å². The molecule has 13 heteroatoms. The van der Waals surface area contributed by atoms with Crippen LogP contribution in [0.4, 0.5) is 33.6 Å². The van der Waals surface area contributed by atoms with Crippen molar-refractivity contribution in [1.82, 2.24) is 25.3 Å².